The first-order valence-electron chi connectivity index (χ1n) is 6.77. The Balaban J connectivity index is 3.15. The van der Waals surface area contributed by atoms with E-state index in [1.807, 2.05) is 13.0 Å². The Morgan fingerprint density at radius 2 is 1.94 bits per heavy atom. The third-order valence-corrected chi connectivity index (χ3v) is 3.02. The lowest BCUT2D eigenvalue weighted by molar-refractivity contribution is 0.588. The van der Waals surface area contributed by atoms with E-state index in [2.05, 4.69) is 25.7 Å². The smallest absolute Gasteiger partial charge is 0.128 e. The molecule has 0 radical (unpaired) electrons. The summed E-state index contributed by atoms with van der Waals surface area (Å²) in [6, 6.07) is 5.62. The van der Waals surface area contributed by atoms with E-state index in [4.69, 9.17) is 5.73 Å². The van der Waals surface area contributed by atoms with Crippen LogP contribution in [0.4, 0.5) is 10.1 Å². The van der Waals surface area contributed by atoms with Crippen LogP contribution in [0, 0.1) is 5.82 Å². The highest BCUT2D eigenvalue weighted by atomic mass is 19.1. The summed E-state index contributed by atoms with van der Waals surface area (Å²) in [5, 5.41) is 0. The molecule has 0 aromatic heterocycles. The zero-order chi connectivity index (χ0) is 13.7. The Morgan fingerprint density at radius 3 is 2.44 bits per heavy atom. The van der Waals surface area contributed by atoms with Gasteiger partial charge in [-0.3, -0.25) is 0 Å². The molecule has 0 fully saturated rings. The first-order valence-corrected chi connectivity index (χ1v) is 6.77. The molecular formula is C15H25FN2. The Morgan fingerprint density at radius 1 is 1.28 bits per heavy atom. The van der Waals surface area contributed by atoms with Crippen LogP contribution in [-0.2, 0) is 6.42 Å². The maximum atomic E-state index is 14.0. The van der Waals surface area contributed by atoms with Crippen LogP contribution in [0.1, 0.15) is 39.7 Å². The average Bonchev–Trinajstić information content (AvgIpc) is 2.28. The summed E-state index contributed by atoms with van der Waals surface area (Å²) in [4.78, 5) is 2.25. The lowest BCUT2D eigenvalue weighted by Crippen LogP contribution is -2.33. The second-order valence-corrected chi connectivity index (χ2v) is 5.21. The lowest BCUT2D eigenvalue weighted by atomic mass is 10.0. The maximum Gasteiger partial charge on any atom is 0.128 e. The molecule has 0 saturated carbocycles. The molecule has 18 heavy (non-hydrogen) atoms. The number of hydrogen-bond acceptors (Lipinski definition) is 2. The minimum Gasteiger partial charge on any atom is -0.369 e. The molecule has 0 heterocycles. The molecule has 1 aromatic carbocycles. The Kier molecular flexibility index (Phi) is 5.60. The number of rotatable bonds is 6. The molecular weight excluding hydrogens is 227 g/mol. The van der Waals surface area contributed by atoms with Gasteiger partial charge in [-0.05, 0) is 45.7 Å². The van der Waals surface area contributed by atoms with Crippen LogP contribution in [0.25, 0.3) is 0 Å². The highest BCUT2D eigenvalue weighted by molar-refractivity contribution is 5.55. The number of hydrogen-bond donors (Lipinski definition) is 1. The second-order valence-electron chi connectivity index (χ2n) is 5.21. The molecule has 0 aliphatic heterocycles. The minimum atomic E-state index is -0.147. The number of halogens is 1. The van der Waals surface area contributed by atoms with E-state index in [-0.39, 0.29) is 11.9 Å². The fourth-order valence-electron chi connectivity index (χ4n) is 2.24. The molecule has 1 aromatic rings. The van der Waals surface area contributed by atoms with Crippen molar-refractivity contribution in [1.29, 1.82) is 0 Å². The molecule has 0 spiro atoms. The van der Waals surface area contributed by atoms with Crippen LogP contribution >= 0.6 is 0 Å². The number of nitrogens with zero attached hydrogens (tertiary/aromatic N) is 1. The molecule has 3 heteroatoms. The van der Waals surface area contributed by atoms with Crippen molar-refractivity contribution in [3.8, 4) is 0 Å². The first-order chi connectivity index (χ1) is 8.47. The van der Waals surface area contributed by atoms with Gasteiger partial charge in [-0.15, -0.1) is 0 Å². The monoisotopic (exact) mass is 252 g/mol. The molecule has 0 bridgehead atoms. The van der Waals surface area contributed by atoms with E-state index in [1.54, 1.807) is 6.07 Å². The first kappa shape index (κ1) is 15.0. The molecule has 0 saturated heterocycles. The summed E-state index contributed by atoms with van der Waals surface area (Å²) in [6.45, 7) is 9.26. The minimum absolute atomic E-state index is 0.0312. The summed E-state index contributed by atoms with van der Waals surface area (Å²) in [7, 11) is 0. The van der Waals surface area contributed by atoms with Crippen LogP contribution < -0.4 is 10.6 Å². The number of benzene rings is 1. The van der Waals surface area contributed by atoms with Crippen molar-refractivity contribution in [3.05, 3.63) is 29.6 Å². The highest BCUT2D eigenvalue weighted by Crippen LogP contribution is 2.26. The van der Waals surface area contributed by atoms with Gasteiger partial charge < -0.3 is 10.6 Å². The predicted octanol–water partition coefficient (Wildman–Crippen LogP) is 3.34. The standard InChI is InChI=1S/C15H25FN2/c1-5-9-18(11(2)3)15-8-6-7-14(16)13(15)10-12(4)17/h6-8,11-12H,5,9-10,17H2,1-4H3. The third kappa shape index (κ3) is 3.70. The molecule has 1 atom stereocenters. The van der Waals surface area contributed by atoms with Crippen molar-refractivity contribution in [3.63, 3.8) is 0 Å². The van der Waals surface area contributed by atoms with E-state index < -0.39 is 0 Å². The summed E-state index contributed by atoms with van der Waals surface area (Å²) < 4.78 is 14.0. The van der Waals surface area contributed by atoms with E-state index in [1.165, 1.54) is 6.07 Å². The summed E-state index contributed by atoms with van der Waals surface area (Å²) >= 11 is 0. The summed E-state index contributed by atoms with van der Waals surface area (Å²) in [6.07, 6.45) is 1.63. The van der Waals surface area contributed by atoms with E-state index in [0.29, 0.717) is 12.5 Å². The van der Waals surface area contributed by atoms with Crippen molar-refractivity contribution >= 4 is 5.69 Å². The van der Waals surface area contributed by atoms with Crippen molar-refractivity contribution < 1.29 is 4.39 Å². The molecule has 2 nitrogen and oxygen atoms in total. The van der Waals surface area contributed by atoms with Crippen LogP contribution in [0.2, 0.25) is 0 Å². The van der Waals surface area contributed by atoms with Gasteiger partial charge in [0.25, 0.3) is 0 Å². The lowest BCUT2D eigenvalue weighted by Gasteiger charge is -2.31. The quantitative estimate of drug-likeness (QED) is 0.841. The van der Waals surface area contributed by atoms with Gasteiger partial charge in [0.15, 0.2) is 0 Å². The molecule has 102 valence electrons. The van der Waals surface area contributed by atoms with Gasteiger partial charge in [-0.2, -0.15) is 0 Å². The third-order valence-electron chi connectivity index (χ3n) is 3.02. The molecule has 0 aliphatic carbocycles. The summed E-state index contributed by atoms with van der Waals surface area (Å²) in [5.41, 5.74) is 7.56. The van der Waals surface area contributed by atoms with Crippen molar-refractivity contribution in [2.75, 3.05) is 11.4 Å². The zero-order valence-electron chi connectivity index (χ0n) is 11.9. The Bertz CT molecular complexity index is 375. The second kappa shape index (κ2) is 6.74. The topological polar surface area (TPSA) is 29.3 Å². The summed E-state index contributed by atoms with van der Waals surface area (Å²) in [5.74, 6) is -0.147. The van der Waals surface area contributed by atoms with Gasteiger partial charge in [0.1, 0.15) is 5.82 Å². The molecule has 1 unspecified atom stereocenters. The number of anilines is 1. The van der Waals surface area contributed by atoms with Gasteiger partial charge in [0, 0.05) is 29.9 Å². The van der Waals surface area contributed by atoms with E-state index in [9.17, 15) is 4.39 Å². The average molecular weight is 252 g/mol. The van der Waals surface area contributed by atoms with Gasteiger partial charge in [0.05, 0.1) is 0 Å². The van der Waals surface area contributed by atoms with Crippen molar-refractivity contribution in [1.82, 2.24) is 0 Å². The molecule has 0 aliphatic rings. The molecule has 0 amide bonds. The van der Waals surface area contributed by atoms with E-state index >= 15 is 0 Å². The molecule has 2 N–H and O–H groups in total. The van der Waals surface area contributed by atoms with Crippen molar-refractivity contribution in [2.45, 2.75) is 52.6 Å². The van der Waals surface area contributed by atoms with Crippen LogP contribution in [0.15, 0.2) is 18.2 Å². The van der Waals surface area contributed by atoms with Crippen LogP contribution in [-0.4, -0.2) is 18.6 Å². The van der Waals surface area contributed by atoms with Gasteiger partial charge in [-0.25, -0.2) is 4.39 Å². The van der Waals surface area contributed by atoms with Crippen LogP contribution in [0.5, 0.6) is 0 Å². The van der Waals surface area contributed by atoms with Gasteiger partial charge in [0.2, 0.25) is 0 Å². The normalized spacial score (nSPS) is 12.8. The highest BCUT2D eigenvalue weighted by Gasteiger charge is 2.17. The Hall–Kier alpha value is -1.09. The van der Waals surface area contributed by atoms with Crippen LogP contribution in [0.3, 0.4) is 0 Å². The predicted molar refractivity (Wildman–Crippen MR) is 76.5 cm³/mol. The van der Waals surface area contributed by atoms with Gasteiger partial charge >= 0.3 is 0 Å². The SMILES string of the molecule is CCCN(c1cccc(F)c1CC(C)N)C(C)C. The fourth-order valence-corrected chi connectivity index (χ4v) is 2.24. The zero-order valence-corrected chi connectivity index (χ0v) is 11.9. The van der Waals surface area contributed by atoms with Crippen molar-refractivity contribution in [2.24, 2.45) is 5.73 Å². The van der Waals surface area contributed by atoms with Gasteiger partial charge in [-0.1, -0.05) is 13.0 Å². The van der Waals surface area contributed by atoms with E-state index in [0.717, 1.165) is 24.2 Å². The number of nitrogens with two attached hydrogens (primary N) is 1. The largest absolute Gasteiger partial charge is 0.369 e. The fraction of sp³-hybridized carbons (Fsp3) is 0.600. The molecule has 1 rings (SSSR count). The Labute approximate surface area is 110 Å². The maximum absolute atomic E-state index is 14.0.